The van der Waals surface area contributed by atoms with E-state index < -0.39 is 5.91 Å². The van der Waals surface area contributed by atoms with Gasteiger partial charge < -0.3 is 16.2 Å². The van der Waals surface area contributed by atoms with Crippen LogP contribution in [0.15, 0.2) is 59.6 Å². The minimum Gasteiger partial charge on any atom is -0.490 e. The first-order valence-electron chi connectivity index (χ1n) is 8.25. The number of hydrogen-bond acceptors (Lipinski definition) is 3. The van der Waals surface area contributed by atoms with E-state index in [1.807, 2.05) is 62.4 Å². The molecule has 0 atom stereocenters. The van der Waals surface area contributed by atoms with Crippen molar-refractivity contribution in [2.24, 2.45) is 16.5 Å². The van der Waals surface area contributed by atoms with E-state index in [2.05, 4.69) is 4.99 Å². The molecule has 0 saturated carbocycles. The zero-order chi connectivity index (χ0) is 18.7. The van der Waals surface area contributed by atoms with Crippen molar-refractivity contribution >= 4 is 22.8 Å². The molecule has 1 aromatic heterocycles. The Morgan fingerprint density at radius 2 is 1.77 bits per heavy atom. The number of aromatic nitrogens is 1. The average Bonchev–Trinajstić information content (AvgIpc) is 2.60. The van der Waals surface area contributed by atoms with Crippen molar-refractivity contribution in [1.82, 2.24) is 4.98 Å². The van der Waals surface area contributed by atoms with Crippen LogP contribution in [0, 0.1) is 0 Å². The third kappa shape index (κ3) is 3.64. The van der Waals surface area contributed by atoms with Crippen molar-refractivity contribution in [3.63, 3.8) is 0 Å². The van der Waals surface area contributed by atoms with E-state index in [0.29, 0.717) is 27.9 Å². The first-order chi connectivity index (χ1) is 12.5. The Kier molecular flexibility index (Phi) is 4.84. The normalized spacial score (nSPS) is 10.7. The lowest BCUT2D eigenvalue weighted by Crippen LogP contribution is -2.24. The van der Waals surface area contributed by atoms with Gasteiger partial charge in [0.25, 0.3) is 5.91 Å². The Morgan fingerprint density at radius 1 is 1.08 bits per heavy atom. The number of aliphatic imine (C=N–C) groups is 1. The number of nitrogens with zero attached hydrogens (tertiary/aromatic N) is 2. The van der Waals surface area contributed by atoms with Crippen LogP contribution in [0.4, 0.5) is 0 Å². The number of amides is 1. The predicted molar refractivity (Wildman–Crippen MR) is 103 cm³/mol. The predicted octanol–water partition coefficient (Wildman–Crippen LogP) is 3.10. The Morgan fingerprint density at radius 3 is 2.50 bits per heavy atom. The van der Waals surface area contributed by atoms with Crippen LogP contribution >= 0.6 is 0 Å². The second-order valence-corrected chi connectivity index (χ2v) is 6.08. The van der Waals surface area contributed by atoms with Crippen LogP contribution in [0.25, 0.3) is 22.2 Å². The van der Waals surface area contributed by atoms with Gasteiger partial charge in [0, 0.05) is 10.9 Å². The number of carbonyl (C=O) groups is 1. The van der Waals surface area contributed by atoms with Gasteiger partial charge in [-0.15, -0.1) is 0 Å². The lowest BCUT2D eigenvalue weighted by molar-refractivity contribution is 0.100. The molecule has 132 valence electrons. The highest BCUT2D eigenvalue weighted by Crippen LogP contribution is 2.32. The van der Waals surface area contributed by atoms with Gasteiger partial charge in [0.2, 0.25) is 0 Å². The number of guanidine groups is 1. The van der Waals surface area contributed by atoms with Gasteiger partial charge in [-0.3, -0.25) is 4.79 Å². The van der Waals surface area contributed by atoms with Gasteiger partial charge in [-0.25, -0.2) is 4.98 Å². The summed E-state index contributed by atoms with van der Waals surface area (Å²) in [5.41, 5.74) is 13.2. The molecule has 3 aromatic rings. The minimum absolute atomic E-state index is 0.0133. The van der Waals surface area contributed by atoms with Gasteiger partial charge in [-0.2, -0.15) is 4.99 Å². The molecule has 0 spiro atoms. The van der Waals surface area contributed by atoms with Crippen LogP contribution in [0.5, 0.6) is 5.75 Å². The number of ether oxygens (including phenoxy) is 1. The highest BCUT2D eigenvalue weighted by atomic mass is 16.5. The van der Waals surface area contributed by atoms with E-state index in [1.54, 1.807) is 6.07 Å². The van der Waals surface area contributed by atoms with Crippen LogP contribution in [-0.2, 0) is 0 Å². The molecule has 0 radical (unpaired) electrons. The molecule has 4 N–H and O–H groups in total. The molecule has 6 heteroatoms. The molecule has 2 aromatic carbocycles. The standard InChI is InChI=1S/C20H20N4O2/c1-12(2)26-18-10-6-4-8-14(18)17-11-15(19(25)24-20(21)22)13-7-3-5-9-16(13)23-17/h3-12H,1-2H3,(H4,21,22,24,25). The number of hydrogen-bond donors (Lipinski definition) is 2. The molecule has 0 unspecified atom stereocenters. The van der Waals surface area contributed by atoms with Gasteiger partial charge in [0.05, 0.1) is 22.9 Å². The lowest BCUT2D eigenvalue weighted by atomic mass is 10.0. The molecule has 1 amide bonds. The lowest BCUT2D eigenvalue weighted by Gasteiger charge is -2.15. The van der Waals surface area contributed by atoms with Crippen LogP contribution in [0.1, 0.15) is 24.2 Å². The fraction of sp³-hybridized carbons (Fsp3) is 0.150. The van der Waals surface area contributed by atoms with Crippen LogP contribution in [-0.4, -0.2) is 23.0 Å². The Labute approximate surface area is 151 Å². The summed E-state index contributed by atoms with van der Waals surface area (Å²) in [4.78, 5) is 20.9. The summed E-state index contributed by atoms with van der Waals surface area (Å²) >= 11 is 0. The van der Waals surface area contributed by atoms with Crippen molar-refractivity contribution in [2.75, 3.05) is 0 Å². The summed E-state index contributed by atoms with van der Waals surface area (Å²) in [5, 5.41) is 0.688. The topological polar surface area (TPSA) is 104 Å². The largest absolute Gasteiger partial charge is 0.490 e. The van der Waals surface area contributed by atoms with E-state index in [4.69, 9.17) is 21.2 Å². The van der Waals surface area contributed by atoms with Gasteiger partial charge in [0.1, 0.15) is 5.75 Å². The Balaban J connectivity index is 2.23. The summed E-state index contributed by atoms with van der Waals surface area (Å²) in [7, 11) is 0. The molecule has 0 bridgehead atoms. The number of nitrogens with two attached hydrogens (primary N) is 2. The zero-order valence-electron chi connectivity index (χ0n) is 14.6. The minimum atomic E-state index is -0.507. The SMILES string of the molecule is CC(C)Oc1ccccc1-c1cc(C(=O)N=C(N)N)c2ccccc2n1. The van der Waals surface area contributed by atoms with Gasteiger partial charge in [-0.1, -0.05) is 30.3 Å². The molecular formula is C20H20N4O2. The summed E-state index contributed by atoms with van der Waals surface area (Å²) in [6.07, 6.45) is 0.0133. The zero-order valence-corrected chi connectivity index (χ0v) is 14.6. The third-order valence-electron chi connectivity index (χ3n) is 3.70. The molecule has 6 nitrogen and oxygen atoms in total. The van der Waals surface area contributed by atoms with Crippen molar-refractivity contribution in [1.29, 1.82) is 0 Å². The van der Waals surface area contributed by atoms with Crippen molar-refractivity contribution < 1.29 is 9.53 Å². The van der Waals surface area contributed by atoms with Crippen molar-refractivity contribution in [2.45, 2.75) is 20.0 Å². The highest BCUT2D eigenvalue weighted by Gasteiger charge is 2.16. The fourth-order valence-electron chi connectivity index (χ4n) is 2.70. The van der Waals surface area contributed by atoms with Crippen molar-refractivity contribution in [3.05, 3.63) is 60.2 Å². The molecule has 26 heavy (non-hydrogen) atoms. The van der Waals surface area contributed by atoms with E-state index >= 15 is 0 Å². The number of para-hydroxylation sites is 2. The molecule has 0 aliphatic heterocycles. The van der Waals surface area contributed by atoms with E-state index in [0.717, 1.165) is 5.56 Å². The first kappa shape index (κ1) is 17.4. The molecule has 0 saturated heterocycles. The maximum atomic E-state index is 12.5. The number of pyridine rings is 1. The van der Waals surface area contributed by atoms with Gasteiger partial charge in [0.15, 0.2) is 5.96 Å². The maximum absolute atomic E-state index is 12.5. The van der Waals surface area contributed by atoms with Gasteiger partial charge >= 0.3 is 0 Å². The second kappa shape index (κ2) is 7.23. The quantitative estimate of drug-likeness (QED) is 0.557. The first-order valence-corrected chi connectivity index (χ1v) is 8.25. The Bertz CT molecular complexity index is 992. The number of fused-ring (bicyclic) bond motifs is 1. The van der Waals surface area contributed by atoms with E-state index in [1.165, 1.54) is 0 Å². The monoisotopic (exact) mass is 348 g/mol. The fourth-order valence-corrected chi connectivity index (χ4v) is 2.70. The van der Waals surface area contributed by atoms with E-state index in [9.17, 15) is 4.79 Å². The smallest absolute Gasteiger partial charge is 0.280 e. The summed E-state index contributed by atoms with van der Waals surface area (Å²) in [6, 6.07) is 16.6. The molecule has 1 heterocycles. The maximum Gasteiger partial charge on any atom is 0.280 e. The number of benzene rings is 2. The molecule has 0 aliphatic carbocycles. The molecule has 0 aliphatic rings. The second-order valence-electron chi connectivity index (χ2n) is 6.08. The number of rotatable bonds is 4. The molecule has 0 fully saturated rings. The van der Waals surface area contributed by atoms with Crippen LogP contribution in [0.2, 0.25) is 0 Å². The summed E-state index contributed by atoms with van der Waals surface area (Å²) in [5.74, 6) is -0.0846. The summed E-state index contributed by atoms with van der Waals surface area (Å²) < 4.78 is 5.88. The van der Waals surface area contributed by atoms with E-state index in [-0.39, 0.29) is 12.1 Å². The Hall–Kier alpha value is -3.41. The molecule has 3 rings (SSSR count). The van der Waals surface area contributed by atoms with Gasteiger partial charge in [-0.05, 0) is 38.1 Å². The summed E-state index contributed by atoms with van der Waals surface area (Å²) in [6.45, 7) is 3.91. The highest BCUT2D eigenvalue weighted by molar-refractivity contribution is 6.10. The van der Waals surface area contributed by atoms with Crippen LogP contribution < -0.4 is 16.2 Å². The third-order valence-corrected chi connectivity index (χ3v) is 3.70. The van der Waals surface area contributed by atoms with Crippen LogP contribution in [0.3, 0.4) is 0 Å². The van der Waals surface area contributed by atoms with Crippen molar-refractivity contribution in [3.8, 4) is 17.0 Å². The molecular weight excluding hydrogens is 328 g/mol. The number of carbonyl (C=O) groups excluding carboxylic acids is 1. The average molecular weight is 348 g/mol.